The zero-order valence-electron chi connectivity index (χ0n) is 10.3. The third-order valence-electron chi connectivity index (χ3n) is 2.48. The number of aliphatic hydroxyl groups excluding tert-OH is 1. The van der Waals surface area contributed by atoms with Crippen LogP contribution in [-0.4, -0.2) is 38.0 Å². The third kappa shape index (κ3) is 2.87. The molecule has 1 aromatic carbocycles. The summed E-state index contributed by atoms with van der Waals surface area (Å²) in [5.74, 6) is 1.65. The lowest BCUT2D eigenvalue weighted by atomic mass is 10.1. The number of ether oxygens (including phenoxy) is 2. The Morgan fingerprint density at radius 2 is 1.81 bits per heavy atom. The Morgan fingerprint density at radius 1 is 1.19 bits per heavy atom. The second-order valence-electron chi connectivity index (χ2n) is 3.79. The SMILES string of the molecule is COc1cc(CN(C)CO)c(OC)cc1C. The van der Waals surface area contributed by atoms with Gasteiger partial charge in [0.05, 0.1) is 21.0 Å². The Bertz CT molecular complexity index is 352. The van der Waals surface area contributed by atoms with Crippen LogP contribution in [0.2, 0.25) is 0 Å². The van der Waals surface area contributed by atoms with E-state index in [0.29, 0.717) is 6.54 Å². The number of hydrogen-bond acceptors (Lipinski definition) is 4. The minimum Gasteiger partial charge on any atom is -0.496 e. The molecule has 1 N–H and O–H groups in total. The molecule has 0 spiro atoms. The highest BCUT2D eigenvalue weighted by molar-refractivity contribution is 5.45. The van der Waals surface area contributed by atoms with Gasteiger partial charge in [-0.2, -0.15) is 0 Å². The van der Waals surface area contributed by atoms with E-state index >= 15 is 0 Å². The van der Waals surface area contributed by atoms with E-state index in [1.165, 1.54) is 0 Å². The molecule has 4 heteroatoms. The third-order valence-corrected chi connectivity index (χ3v) is 2.48. The maximum absolute atomic E-state index is 8.99. The summed E-state index contributed by atoms with van der Waals surface area (Å²) in [5.41, 5.74) is 2.04. The van der Waals surface area contributed by atoms with Gasteiger partial charge in [0.1, 0.15) is 11.5 Å². The molecule has 1 rings (SSSR count). The lowest BCUT2D eigenvalue weighted by Crippen LogP contribution is -2.19. The first-order valence-corrected chi connectivity index (χ1v) is 5.13. The van der Waals surface area contributed by atoms with Gasteiger partial charge in [-0.3, -0.25) is 4.90 Å². The van der Waals surface area contributed by atoms with E-state index in [0.717, 1.165) is 22.6 Å². The molecule has 0 saturated heterocycles. The zero-order valence-corrected chi connectivity index (χ0v) is 10.3. The summed E-state index contributed by atoms with van der Waals surface area (Å²) in [4.78, 5) is 1.78. The van der Waals surface area contributed by atoms with Gasteiger partial charge in [-0.05, 0) is 31.7 Å². The summed E-state index contributed by atoms with van der Waals surface area (Å²) in [6, 6.07) is 3.89. The molecular formula is C12H19NO3. The van der Waals surface area contributed by atoms with Crippen molar-refractivity contribution >= 4 is 0 Å². The van der Waals surface area contributed by atoms with Gasteiger partial charge in [-0.25, -0.2) is 0 Å². The second-order valence-corrected chi connectivity index (χ2v) is 3.79. The Morgan fingerprint density at radius 3 is 2.31 bits per heavy atom. The smallest absolute Gasteiger partial charge is 0.123 e. The topological polar surface area (TPSA) is 41.9 Å². The van der Waals surface area contributed by atoms with Gasteiger partial charge < -0.3 is 14.6 Å². The Labute approximate surface area is 96.4 Å². The van der Waals surface area contributed by atoms with Crippen LogP contribution in [0.3, 0.4) is 0 Å². The highest BCUT2D eigenvalue weighted by Crippen LogP contribution is 2.28. The van der Waals surface area contributed by atoms with E-state index in [2.05, 4.69) is 0 Å². The summed E-state index contributed by atoms with van der Waals surface area (Å²) >= 11 is 0. The zero-order chi connectivity index (χ0) is 12.1. The molecule has 16 heavy (non-hydrogen) atoms. The fourth-order valence-electron chi connectivity index (χ4n) is 1.58. The van der Waals surface area contributed by atoms with E-state index in [9.17, 15) is 0 Å². The first kappa shape index (κ1) is 12.8. The molecule has 0 aliphatic heterocycles. The first-order chi connectivity index (χ1) is 7.62. The van der Waals surface area contributed by atoms with Crippen molar-refractivity contribution in [1.29, 1.82) is 0 Å². The molecule has 4 nitrogen and oxygen atoms in total. The lowest BCUT2D eigenvalue weighted by molar-refractivity contribution is 0.126. The summed E-state index contributed by atoms with van der Waals surface area (Å²) in [5, 5.41) is 8.99. The molecule has 0 aromatic heterocycles. The molecule has 0 amide bonds. The lowest BCUT2D eigenvalue weighted by Gasteiger charge is -2.17. The average Bonchev–Trinajstić information content (AvgIpc) is 2.30. The summed E-state index contributed by atoms with van der Waals surface area (Å²) < 4.78 is 10.6. The van der Waals surface area contributed by atoms with Crippen LogP contribution in [0.1, 0.15) is 11.1 Å². The highest BCUT2D eigenvalue weighted by atomic mass is 16.5. The number of benzene rings is 1. The van der Waals surface area contributed by atoms with Crippen molar-refractivity contribution in [3.63, 3.8) is 0 Å². The van der Waals surface area contributed by atoms with Crippen LogP contribution in [0.4, 0.5) is 0 Å². The van der Waals surface area contributed by atoms with Gasteiger partial charge in [0.15, 0.2) is 0 Å². The standard InChI is InChI=1S/C12H19NO3/c1-9-5-12(16-4)10(6-11(9)15-3)7-13(2)8-14/h5-6,14H,7-8H2,1-4H3. The van der Waals surface area contributed by atoms with Gasteiger partial charge >= 0.3 is 0 Å². The largest absolute Gasteiger partial charge is 0.496 e. The minimum atomic E-state index is 0.0132. The molecule has 0 aliphatic carbocycles. The number of nitrogens with zero attached hydrogens (tertiary/aromatic N) is 1. The van der Waals surface area contributed by atoms with Crippen molar-refractivity contribution in [2.24, 2.45) is 0 Å². The maximum Gasteiger partial charge on any atom is 0.123 e. The Balaban J connectivity index is 3.04. The molecule has 0 radical (unpaired) electrons. The van der Waals surface area contributed by atoms with Crippen LogP contribution in [0.25, 0.3) is 0 Å². The molecular weight excluding hydrogens is 206 g/mol. The normalized spacial score (nSPS) is 10.6. The van der Waals surface area contributed by atoms with E-state index in [1.54, 1.807) is 19.1 Å². The van der Waals surface area contributed by atoms with E-state index < -0.39 is 0 Å². The predicted molar refractivity (Wildman–Crippen MR) is 62.8 cm³/mol. The maximum atomic E-state index is 8.99. The van der Waals surface area contributed by atoms with Gasteiger partial charge in [-0.15, -0.1) is 0 Å². The number of aliphatic hydroxyl groups is 1. The van der Waals surface area contributed by atoms with E-state index in [1.807, 2.05) is 26.1 Å². The molecule has 0 saturated carbocycles. The molecule has 0 bridgehead atoms. The summed E-state index contributed by atoms with van der Waals surface area (Å²) in [6.45, 7) is 2.61. The molecule has 0 heterocycles. The van der Waals surface area contributed by atoms with E-state index in [-0.39, 0.29) is 6.73 Å². The molecule has 0 unspecified atom stereocenters. The summed E-state index contributed by atoms with van der Waals surface area (Å²) in [7, 11) is 5.13. The number of aryl methyl sites for hydroxylation is 1. The molecule has 0 aliphatic rings. The van der Waals surface area contributed by atoms with Crippen molar-refractivity contribution in [2.45, 2.75) is 13.5 Å². The predicted octanol–water partition coefficient (Wildman–Crippen LogP) is 1.39. The molecule has 0 atom stereocenters. The van der Waals surface area contributed by atoms with Crippen LogP contribution in [0, 0.1) is 6.92 Å². The highest BCUT2D eigenvalue weighted by Gasteiger charge is 2.10. The fraction of sp³-hybridized carbons (Fsp3) is 0.500. The van der Waals surface area contributed by atoms with Crippen molar-refractivity contribution in [1.82, 2.24) is 4.90 Å². The van der Waals surface area contributed by atoms with Crippen LogP contribution >= 0.6 is 0 Å². The molecule has 90 valence electrons. The van der Waals surface area contributed by atoms with Crippen LogP contribution in [0.5, 0.6) is 11.5 Å². The quantitative estimate of drug-likeness (QED) is 0.769. The second kappa shape index (κ2) is 5.72. The van der Waals surface area contributed by atoms with Crippen molar-refractivity contribution in [2.75, 3.05) is 28.0 Å². The molecule has 0 fully saturated rings. The first-order valence-electron chi connectivity index (χ1n) is 5.13. The molecule has 1 aromatic rings. The van der Waals surface area contributed by atoms with Crippen LogP contribution < -0.4 is 9.47 Å². The van der Waals surface area contributed by atoms with E-state index in [4.69, 9.17) is 14.6 Å². The van der Waals surface area contributed by atoms with Gasteiger partial charge in [0.2, 0.25) is 0 Å². The number of methoxy groups -OCH3 is 2. The monoisotopic (exact) mass is 225 g/mol. The van der Waals surface area contributed by atoms with Crippen LogP contribution in [0.15, 0.2) is 12.1 Å². The summed E-state index contributed by atoms with van der Waals surface area (Å²) in [6.07, 6.45) is 0. The van der Waals surface area contributed by atoms with Gasteiger partial charge in [0, 0.05) is 12.1 Å². The number of hydrogen-bond donors (Lipinski definition) is 1. The fourth-order valence-corrected chi connectivity index (χ4v) is 1.58. The Hall–Kier alpha value is -1.26. The van der Waals surface area contributed by atoms with Crippen molar-refractivity contribution < 1.29 is 14.6 Å². The van der Waals surface area contributed by atoms with Gasteiger partial charge in [0.25, 0.3) is 0 Å². The Kier molecular flexibility index (Phi) is 4.58. The van der Waals surface area contributed by atoms with Crippen molar-refractivity contribution in [3.8, 4) is 11.5 Å². The van der Waals surface area contributed by atoms with Gasteiger partial charge in [-0.1, -0.05) is 0 Å². The minimum absolute atomic E-state index is 0.0132. The average molecular weight is 225 g/mol. The van der Waals surface area contributed by atoms with Crippen molar-refractivity contribution in [3.05, 3.63) is 23.3 Å². The van der Waals surface area contributed by atoms with Crippen LogP contribution in [-0.2, 0) is 6.54 Å². The number of rotatable bonds is 5.